The number of terminal acetylenes is 1. The molecule has 0 aliphatic carbocycles. The summed E-state index contributed by atoms with van der Waals surface area (Å²) >= 11 is 1.81. The maximum Gasteiger partial charge on any atom is 0.217 e. The summed E-state index contributed by atoms with van der Waals surface area (Å²) in [5, 5.41) is 0. The van der Waals surface area contributed by atoms with Crippen molar-refractivity contribution in [3.05, 3.63) is 11.6 Å². The Morgan fingerprint density at radius 3 is 2.20 bits per heavy atom. The molecule has 0 fully saturated rings. The van der Waals surface area contributed by atoms with Gasteiger partial charge in [-0.3, -0.25) is 4.79 Å². The Bertz CT molecular complexity index is 386. The van der Waals surface area contributed by atoms with Crippen molar-refractivity contribution in [2.75, 3.05) is 0 Å². The lowest BCUT2D eigenvalue weighted by atomic mass is 10.0. The highest BCUT2D eigenvalue weighted by Crippen LogP contribution is 2.30. The van der Waals surface area contributed by atoms with Crippen LogP contribution in [0, 0.1) is 12.3 Å². The molecule has 0 aromatic carbocycles. The number of hydrogen-bond acceptors (Lipinski definition) is 2. The Balaban J connectivity index is 4.83. The first-order chi connectivity index (χ1) is 9.28. The zero-order valence-electron chi connectivity index (χ0n) is 13.4. The summed E-state index contributed by atoms with van der Waals surface area (Å²) in [4.78, 5) is 11.2. The number of carbonyl (C=O) groups is 1. The summed E-state index contributed by atoms with van der Waals surface area (Å²) in [5.74, 6) is 2.84. The highest BCUT2D eigenvalue weighted by Gasteiger charge is 2.36. The molecule has 1 atom stereocenters. The van der Waals surface area contributed by atoms with Crippen molar-refractivity contribution in [1.82, 2.24) is 0 Å². The fraction of sp³-hybridized carbons (Fsp3) is 0.688. The molecule has 114 valence electrons. The third-order valence-electron chi connectivity index (χ3n) is 4.06. The summed E-state index contributed by atoms with van der Waals surface area (Å²) in [7, 11) is -1.70. The van der Waals surface area contributed by atoms with Gasteiger partial charge >= 0.3 is 0 Å². The molecule has 0 aromatic rings. The van der Waals surface area contributed by atoms with Gasteiger partial charge in [0.05, 0.1) is 0 Å². The van der Waals surface area contributed by atoms with Crippen LogP contribution in [0.5, 0.6) is 0 Å². The Labute approximate surface area is 139 Å². The number of rotatable bonds is 9. The fourth-order valence-electron chi connectivity index (χ4n) is 2.24. The highest BCUT2D eigenvalue weighted by molar-refractivity contribution is 14.1. The van der Waals surface area contributed by atoms with Crippen molar-refractivity contribution < 1.29 is 9.22 Å². The number of allylic oxidation sites excluding steroid dienone is 2. The minimum Gasteiger partial charge on any atom is -0.401 e. The van der Waals surface area contributed by atoms with E-state index < -0.39 is 13.9 Å². The van der Waals surface area contributed by atoms with Gasteiger partial charge in [0, 0.05) is 22.6 Å². The lowest BCUT2D eigenvalue weighted by molar-refractivity contribution is -0.106. The third kappa shape index (κ3) is 6.11. The van der Waals surface area contributed by atoms with Gasteiger partial charge in [0.15, 0.2) is 8.32 Å². The number of carbonyl (C=O) groups excluding carboxylic acids is 1. The molecule has 0 heterocycles. The first kappa shape index (κ1) is 19.9. The fourth-order valence-corrected chi connectivity index (χ4v) is 5.51. The first-order valence-electron chi connectivity index (χ1n) is 7.32. The van der Waals surface area contributed by atoms with Gasteiger partial charge in [-0.05, 0) is 50.4 Å². The molecule has 0 N–H and O–H groups in total. The summed E-state index contributed by atoms with van der Waals surface area (Å²) in [6.45, 7) is 10.5. The number of halogens is 1. The van der Waals surface area contributed by atoms with E-state index in [0.29, 0.717) is 0 Å². The van der Waals surface area contributed by atoms with Crippen LogP contribution in [0.4, 0.5) is 0 Å². The van der Waals surface area contributed by atoms with Gasteiger partial charge in [0.2, 0.25) is 3.79 Å². The van der Waals surface area contributed by atoms with Crippen LogP contribution in [0.25, 0.3) is 0 Å². The first-order valence-corrected chi connectivity index (χ1v) is 10.9. The molecule has 20 heavy (non-hydrogen) atoms. The van der Waals surface area contributed by atoms with E-state index in [1.165, 1.54) is 0 Å². The van der Waals surface area contributed by atoms with Crippen molar-refractivity contribution in [3.8, 4) is 12.3 Å². The minimum absolute atomic E-state index is 0.0883. The maximum absolute atomic E-state index is 11.2. The smallest absolute Gasteiger partial charge is 0.217 e. The molecule has 0 aliphatic heterocycles. The monoisotopic (exact) mass is 406 g/mol. The highest BCUT2D eigenvalue weighted by atomic mass is 127. The van der Waals surface area contributed by atoms with Gasteiger partial charge < -0.3 is 4.43 Å². The van der Waals surface area contributed by atoms with Gasteiger partial charge in [-0.25, -0.2) is 0 Å². The standard InChI is InChI=1S/C16H27IO2Si/c1-7-16(6,13-11-12-14(5)15(17)18)19-20(8-2,9-3)10-4/h1,12H,8-11,13H2,2-6H3. The third-order valence-corrected chi connectivity index (χ3v) is 9.66. The second-order valence-corrected chi connectivity index (χ2v) is 11.1. The van der Waals surface area contributed by atoms with E-state index in [2.05, 4.69) is 26.7 Å². The normalized spacial score (nSPS) is 15.6. The van der Waals surface area contributed by atoms with Crippen molar-refractivity contribution in [2.24, 2.45) is 0 Å². The van der Waals surface area contributed by atoms with E-state index in [0.717, 1.165) is 36.5 Å². The molecule has 0 radical (unpaired) electrons. The van der Waals surface area contributed by atoms with E-state index in [1.807, 2.05) is 19.9 Å². The van der Waals surface area contributed by atoms with E-state index in [-0.39, 0.29) is 3.79 Å². The molecule has 0 amide bonds. The summed E-state index contributed by atoms with van der Waals surface area (Å²) in [5.41, 5.74) is 0.272. The molecule has 0 aliphatic rings. The Hall–Kier alpha value is -0.123. The summed E-state index contributed by atoms with van der Waals surface area (Å²) < 4.78 is 6.54. The largest absolute Gasteiger partial charge is 0.401 e. The molecular weight excluding hydrogens is 379 g/mol. The van der Waals surface area contributed by atoms with E-state index >= 15 is 0 Å². The SMILES string of the molecule is C#CC(C)(CCC=C(C)C(=O)I)O[Si](CC)(CC)CC. The predicted molar refractivity (Wildman–Crippen MR) is 97.5 cm³/mol. The number of hydrogen-bond donors (Lipinski definition) is 0. The van der Waals surface area contributed by atoms with Crippen LogP contribution in [-0.2, 0) is 9.22 Å². The second kappa shape index (κ2) is 9.01. The van der Waals surface area contributed by atoms with Crippen LogP contribution in [-0.4, -0.2) is 17.7 Å². The molecule has 0 rings (SSSR count). The summed E-state index contributed by atoms with van der Waals surface area (Å²) in [6.07, 6.45) is 9.22. The molecule has 0 aromatic heterocycles. The van der Waals surface area contributed by atoms with Crippen molar-refractivity contribution >= 4 is 34.7 Å². The van der Waals surface area contributed by atoms with Crippen LogP contribution in [0.2, 0.25) is 18.1 Å². The average Bonchev–Trinajstić information content (AvgIpc) is 2.44. The Morgan fingerprint density at radius 1 is 1.35 bits per heavy atom. The Kier molecular flexibility index (Phi) is 8.95. The molecule has 2 nitrogen and oxygen atoms in total. The zero-order valence-corrected chi connectivity index (χ0v) is 16.5. The van der Waals surface area contributed by atoms with Gasteiger partial charge in [-0.1, -0.05) is 32.8 Å². The van der Waals surface area contributed by atoms with Crippen LogP contribution in [0.3, 0.4) is 0 Å². The van der Waals surface area contributed by atoms with E-state index in [9.17, 15) is 4.79 Å². The topological polar surface area (TPSA) is 26.3 Å². The van der Waals surface area contributed by atoms with Crippen molar-refractivity contribution in [3.63, 3.8) is 0 Å². The van der Waals surface area contributed by atoms with Crippen molar-refractivity contribution in [1.29, 1.82) is 0 Å². The molecule has 0 spiro atoms. The van der Waals surface area contributed by atoms with Crippen LogP contribution >= 0.6 is 22.6 Å². The lowest BCUT2D eigenvalue weighted by Crippen LogP contribution is -2.45. The van der Waals surface area contributed by atoms with Gasteiger partial charge in [-0.2, -0.15) is 0 Å². The van der Waals surface area contributed by atoms with Crippen molar-refractivity contribution in [2.45, 2.75) is 71.2 Å². The van der Waals surface area contributed by atoms with E-state index in [4.69, 9.17) is 10.8 Å². The molecule has 4 heteroatoms. The van der Waals surface area contributed by atoms with Gasteiger partial charge in [0.25, 0.3) is 0 Å². The van der Waals surface area contributed by atoms with Gasteiger partial charge in [0.1, 0.15) is 5.60 Å². The zero-order chi connectivity index (χ0) is 15.8. The Morgan fingerprint density at radius 2 is 1.85 bits per heavy atom. The molecule has 0 bridgehead atoms. The molecular formula is C16H27IO2Si. The van der Waals surface area contributed by atoms with Crippen LogP contribution in [0.15, 0.2) is 11.6 Å². The van der Waals surface area contributed by atoms with E-state index in [1.54, 1.807) is 22.6 Å². The lowest BCUT2D eigenvalue weighted by Gasteiger charge is -2.37. The average molecular weight is 406 g/mol. The minimum atomic E-state index is -1.70. The molecule has 1 unspecified atom stereocenters. The predicted octanol–water partition coefficient (Wildman–Crippen LogP) is 5.09. The molecule has 0 saturated heterocycles. The van der Waals surface area contributed by atoms with Crippen LogP contribution < -0.4 is 0 Å². The maximum atomic E-state index is 11.2. The summed E-state index contributed by atoms with van der Waals surface area (Å²) in [6, 6.07) is 3.29. The quantitative estimate of drug-likeness (QED) is 0.175. The second-order valence-electron chi connectivity index (χ2n) is 5.42. The van der Waals surface area contributed by atoms with Crippen LogP contribution in [0.1, 0.15) is 47.5 Å². The van der Waals surface area contributed by atoms with Gasteiger partial charge in [-0.15, -0.1) is 6.42 Å². The molecule has 0 saturated carbocycles.